The highest BCUT2D eigenvalue weighted by molar-refractivity contribution is 6.50. The van der Waals surface area contributed by atoms with Crippen molar-refractivity contribution < 1.29 is 13.2 Å². The van der Waals surface area contributed by atoms with Crippen LogP contribution in [0, 0.1) is 0 Å². The first kappa shape index (κ1) is 17.5. The number of rotatable bonds is 2. The van der Waals surface area contributed by atoms with Crippen LogP contribution in [0.25, 0.3) is 22.0 Å². The van der Waals surface area contributed by atoms with E-state index in [0.29, 0.717) is 15.9 Å². The number of benzene rings is 2. The number of aromatic nitrogens is 2. The van der Waals surface area contributed by atoms with Crippen LogP contribution in [0.5, 0.6) is 0 Å². The van der Waals surface area contributed by atoms with E-state index >= 15 is 0 Å². The minimum Gasteiger partial charge on any atom is -0.305 e. The lowest BCUT2D eigenvalue weighted by Gasteiger charge is -2.07. The molecule has 0 aliphatic carbocycles. The summed E-state index contributed by atoms with van der Waals surface area (Å²) in [6, 6.07) is 9.24. The molecule has 0 radical (unpaired) electrons. The predicted molar refractivity (Wildman–Crippen MR) is 92.5 cm³/mol. The topological polar surface area (TPSA) is 45.8 Å². The van der Waals surface area contributed by atoms with Gasteiger partial charge in [0.15, 0.2) is 5.82 Å². The number of hydrogen-bond donors (Lipinski definition) is 1. The molecule has 8 heteroatoms. The second kappa shape index (κ2) is 6.54. The maximum absolute atomic E-state index is 12.8. The molecule has 0 saturated heterocycles. The van der Waals surface area contributed by atoms with E-state index in [4.69, 9.17) is 23.2 Å². The van der Waals surface area contributed by atoms with Crippen molar-refractivity contribution in [1.82, 2.24) is 9.97 Å². The van der Waals surface area contributed by atoms with Crippen LogP contribution in [0.4, 0.5) is 13.2 Å². The number of alkyl halides is 3. The van der Waals surface area contributed by atoms with Gasteiger partial charge >= 0.3 is 6.18 Å². The summed E-state index contributed by atoms with van der Waals surface area (Å²) in [4.78, 5) is 18.8. The van der Waals surface area contributed by atoms with Crippen LogP contribution in [-0.4, -0.2) is 9.97 Å². The van der Waals surface area contributed by atoms with E-state index in [0.717, 1.165) is 12.1 Å². The third-order valence-corrected chi connectivity index (χ3v) is 3.93. The summed E-state index contributed by atoms with van der Waals surface area (Å²) in [5, 5.41) is 0.726. The molecule has 0 aliphatic rings. The molecule has 1 aromatic heterocycles. The molecule has 3 aromatic rings. The molecule has 25 heavy (non-hydrogen) atoms. The zero-order chi connectivity index (χ0) is 18.2. The fraction of sp³-hybridized carbons (Fsp3) is 0.0588. The Morgan fingerprint density at radius 1 is 1.16 bits per heavy atom. The number of H-pyrrole nitrogens is 1. The van der Waals surface area contributed by atoms with E-state index in [-0.39, 0.29) is 16.4 Å². The molecule has 0 saturated carbocycles. The van der Waals surface area contributed by atoms with E-state index in [2.05, 4.69) is 9.97 Å². The molecule has 1 heterocycles. The molecule has 128 valence electrons. The number of fused-ring (bicyclic) bond motifs is 1. The van der Waals surface area contributed by atoms with Gasteiger partial charge in [0.1, 0.15) is 0 Å². The summed E-state index contributed by atoms with van der Waals surface area (Å²) in [6.07, 6.45) is -3.16. The molecule has 0 bridgehead atoms. The van der Waals surface area contributed by atoms with Crippen LogP contribution >= 0.6 is 23.2 Å². The zero-order valence-electron chi connectivity index (χ0n) is 12.4. The van der Waals surface area contributed by atoms with Gasteiger partial charge in [0.25, 0.3) is 5.56 Å². The average molecular weight is 385 g/mol. The van der Waals surface area contributed by atoms with Crippen LogP contribution in [0.2, 0.25) is 5.02 Å². The first-order valence-electron chi connectivity index (χ1n) is 6.98. The molecule has 0 spiro atoms. The quantitative estimate of drug-likeness (QED) is 0.648. The average Bonchev–Trinajstić information content (AvgIpc) is 2.53. The Hall–Kier alpha value is -2.31. The monoisotopic (exact) mass is 384 g/mol. The van der Waals surface area contributed by atoms with Gasteiger partial charge in [0, 0.05) is 5.02 Å². The lowest BCUT2D eigenvalue weighted by molar-refractivity contribution is -0.137. The van der Waals surface area contributed by atoms with Gasteiger partial charge < -0.3 is 4.98 Å². The van der Waals surface area contributed by atoms with Crippen molar-refractivity contribution in [3.8, 4) is 0 Å². The van der Waals surface area contributed by atoms with Crippen molar-refractivity contribution >= 4 is 45.2 Å². The lowest BCUT2D eigenvalue weighted by atomic mass is 10.1. The third-order valence-electron chi connectivity index (χ3n) is 3.40. The largest absolute Gasteiger partial charge is 0.416 e. The highest BCUT2D eigenvalue weighted by Crippen LogP contribution is 2.30. The standard InChI is InChI=1S/C17H9Cl2F3N2O/c18-11-4-5-12-14(8-11)23-15(24-16(12)25)13(19)7-9-2-1-3-10(6-9)17(20,21)22/h1-8H,(H,23,24,25). The number of aromatic amines is 1. The SMILES string of the molecule is O=c1[nH]c(C(Cl)=Cc2cccc(C(F)(F)F)c2)nc2cc(Cl)ccc12. The molecule has 3 rings (SSSR count). The Labute approximate surface area is 149 Å². The van der Waals surface area contributed by atoms with Crippen molar-refractivity contribution in [2.75, 3.05) is 0 Å². The van der Waals surface area contributed by atoms with Crippen molar-refractivity contribution in [2.45, 2.75) is 6.18 Å². The summed E-state index contributed by atoms with van der Waals surface area (Å²) in [5.74, 6) is 0.0406. The van der Waals surface area contributed by atoms with E-state index in [1.54, 1.807) is 6.07 Å². The van der Waals surface area contributed by atoms with Gasteiger partial charge in [-0.1, -0.05) is 35.3 Å². The highest BCUT2D eigenvalue weighted by Gasteiger charge is 2.30. The van der Waals surface area contributed by atoms with Gasteiger partial charge in [-0.05, 0) is 42.0 Å². The van der Waals surface area contributed by atoms with Gasteiger partial charge in [-0.15, -0.1) is 0 Å². The van der Waals surface area contributed by atoms with Crippen LogP contribution < -0.4 is 5.56 Å². The molecular formula is C17H9Cl2F3N2O. The molecule has 1 N–H and O–H groups in total. The first-order valence-corrected chi connectivity index (χ1v) is 7.74. The van der Waals surface area contributed by atoms with Gasteiger partial charge in [0.05, 0.1) is 21.5 Å². The molecule has 0 unspecified atom stereocenters. The summed E-state index contributed by atoms with van der Waals surface area (Å²) >= 11 is 12.0. The minimum absolute atomic E-state index is 0.00157. The smallest absolute Gasteiger partial charge is 0.305 e. The highest BCUT2D eigenvalue weighted by atomic mass is 35.5. The van der Waals surface area contributed by atoms with Crippen LogP contribution in [-0.2, 0) is 6.18 Å². The third kappa shape index (κ3) is 3.86. The van der Waals surface area contributed by atoms with Crippen LogP contribution in [0.1, 0.15) is 17.0 Å². The van der Waals surface area contributed by atoms with Crippen LogP contribution in [0.3, 0.4) is 0 Å². The van der Waals surface area contributed by atoms with E-state index < -0.39 is 17.3 Å². The maximum atomic E-state index is 12.8. The summed E-state index contributed by atoms with van der Waals surface area (Å²) in [6.45, 7) is 0. The van der Waals surface area contributed by atoms with Crippen molar-refractivity contribution in [3.63, 3.8) is 0 Å². The van der Waals surface area contributed by atoms with E-state index in [1.165, 1.54) is 30.3 Å². The number of hydrogen-bond acceptors (Lipinski definition) is 2. The molecular weight excluding hydrogens is 376 g/mol. The Morgan fingerprint density at radius 2 is 1.92 bits per heavy atom. The molecule has 0 aliphatic heterocycles. The minimum atomic E-state index is -4.46. The zero-order valence-corrected chi connectivity index (χ0v) is 13.9. The van der Waals surface area contributed by atoms with Gasteiger partial charge in [-0.3, -0.25) is 4.79 Å². The van der Waals surface area contributed by atoms with Gasteiger partial charge in [-0.25, -0.2) is 4.98 Å². The van der Waals surface area contributed by atoms with Crippen molar-refractivity contribution in [3.05, 3.63) is 74.8 Å². The van der Waals surface area contributed by atoms with E-state index in [9.17, 15) is 18.0 Å². The van der Waals surface area contributed by atoms with E-state index in [1.807, 2.05) is 0 Å². The normalized spacial score (nSPS) is 12.6. The molecule has 0 fully saturated rings. The second-order valence-electron chi connectivity index (χ2n) is 5.19. The fourth-order valence-electron chi connectivity index (χ4n) is 2.25. The Morgan fingerprint density at radius 3 is 2.64 bits per heavy atom. The fourth-order valence-corrected chi connectivity index (χ4v) is 2.63. The molecule has 2 aromatic carbocycles. The van der Waals surface area contributed by atoms with Crippen molar-refractivity contribution in [2.24, 2.45) is 0 Å². The van der Waals surface area contributed by atoms with Crippen LogP contribution in [0.15, 0.2) is 47.3 Å². The van der Waals surface area contributed by atoms with Gasteiger partial charge in [0.2, 0.25) is 0 Å². The lowest BCUT2D eigenvalue weighted by Crippen LogP contribution is -2.10. The molecule has 3 nitrogen and oxygen atoms in total. The van der Waals surface area contributed by atoms with Gasteiger partial charge in [-0.2, -0.15) is 13.2 Å². The Kier molecular flexibility index (Phi) is 4.58. The number of nitrogens with zero attached hydrogens (tertiary/aromatic N) is 1. The Balaban J connectivity index is 2.06. The number of halogens is 5. The second-order valence-corrected chi connectivity index (χ2v) is 6.04. The molecule has 0 amide bonds. The summed E-state index contributed by atoms with van der Waals surface area (Å²) in [5.41, 5.74) is -0.653. The Bertz CT molecular complexity index is 1040. The number of nitrogens with one attached hydrogen (secondary N) is 1. The summed E-state index contributed by atoms with van der Waals surface area (Å²) < 4.78 is 38.3. The predicted octanol–water partition coefficient (Wildman–Crippen LogP) is 5.33. The summed E-state index contributed by atoms with van der Waals surface area (Å²) in [7, 11) is 0. The van der Waals surface area contributed by atoms with Crippen molar-refractivity contribution in [1.29, 1.82) is 0 Å². The molecule has 0 atom stereocenters. The maximum Gasteiger partial charge on any atom is 0.416 e. The first-order chi connectivity index (χ1) is 11.7.